The van der Waals surface area contributed by atoms with E-state index in [9.17, 15) is 0 Å². The molecule has 0 bridgehead atoms. The second kappa shape index (κ2) is 4.91. The van der Waals surface area contributed by atoms with Crippen LogP contribution in [0, 0.1) is 0 Å². The first-order valence-electron chi connectivity index (χ1n) is 4.49. The molecule has 0 aromatic heterocycles. The minimum absolute atomic E-state index is 0.289. The van der Waals surface area contributed by atoms with Gasteiger partial charge in [-0.3, -0.25) is 0 Å². The van der Waals surface area contributed by atoms with Gasteiger partial charge in [-0.25, -0.2) is 0 Å². The van der Waals surface area contributed by atoms with Crippen molar-refractivity contribution in [2.45, 2.75) is 42.8 Å². The molecule has 0 heterocycles. The lowest BCUT2D eigenvalue weighted by Gasteiger charge is -2.44. The van der Waals surface area contributed by atoms with Crippen LogP contribution in [0.1, 0.15) is 0 Å². The van der Waals surface area contributed by atoms with Gasteiger partial charge in [-0.1, -0.05) is 74.1 Å². The van der Waals surface area contributed by atoms with Crippen LogP contribution in [0.3, 0.4) is 0 Å². The Morgan fingerprint density at radius 1 is 0.857 bits per heavy atom. The average molecular weight is 311 g/mol. The largest absolute Gasteiger partial charge is 0.323 e. The highest BCUT2D eigenvalue weighted by molar-refractivity contribution is 7.52. The van der Waals surface area contributed by atoms with Gasteiger partial charge >= 0.3 is 0 Å². The summed E-state index contributed by atoms with van der Waals surface area (Å²) >= 11 is 17.7. The Morgan fingerprint density at radius 2 is 1.14 bits per heavy atom. The van der Waals surface area contributed by atoms with Crippen LogP contribution in [0.25, 0.3) is 0 Å². The molecule has 0 saturated carbocycles. The molecule has 7 heteroatoms. The highest BCUT2D eigenvalue weighted by Crippen LogP contribution is 2.50. The summed E-state index contributed by atoms with van der Waals surface area (Å²) in [5.74, 6) is 0. The minimum Gasteiger partial charge on any atom is -0.323 e. The van der Waals surface area contributed by atoms with E-state index in [1.807, 2.05) is 0 Å². The van der Waals surface area contributed by atoms with Crippen LogP contribution in [0.4, 0.5) is 0 Å². The maximum Gasteiger partial charge on any atom is 0.218 e. The van der Waals surface area contributed by atoms with Gasteiger partial charge in [0.1, 0.15) is 16.5 Å². The summed E-state index contributed by atoms with van der Waals surface area (Å²) in [5.41, 5.74) is 0. The molecule has 1 unspecified atom stereocenters. The van der Waals surface area contributed by atoms with E-state index in [0.717, 1.165) is 0 Å². The second-order valence-electron chi connectivity index (χ2n) is 5.29. The van der Waals surface area contributed by atoms with Crippen molar-refractivity contribution in [3.8, 4) is 0 Å². The topological polar surface area (TPSA) is 3.24 Å². The van der Waals surface area contributed by atoms with Gasteiger partial charge in [-0.15, -0.1) is 0 Å². The molecule has 0 N–H and O–H groups in total. The summed E-state index contributed by atoms with van der Waals surface area (Å²) in [6.07, 6.45) is 0. The lowest BCUT2D eigenvalue weighted by molar-refractivity contribution is 0.982. The Bertz CT molecular complexity index is 181. The molecular weight excluding hydrogens is 292 g/mol. The van der Waals surface area contributed by atoms with Crippen LogP contribution in [0.2, 0.25) is 39.3 Å². The molecule has 0 aromatic rings. The number of nitrogens with zero attached hydrogens (tertiary/aromatic N) is 1. The number of hydrogen-bond acceptors (Lipinski definition) is 1. The van der Waals surface area contributed by atoms with E-state index < -0.39 is 20.0 Å². The number of rotatable bonds is 3. The fourth-order valence-electron chi connectivity index (χ4n) is 1.47. The molecule has 0 spiro atoms. The van der Waals surface area contributed by atoms with Gasteiger partial charge in [0, 0.05) is 0 Å². The van der Waals surface area contributed by atoms with Gasteiger partial charge in [-0.05, 0) is 8.73 Å². The van der Waals surface area contributed by atoms with Crippen LogP contribution in [0.5, 0.6) is 0 Å². The zero-order valence-electron chi connectivity index (χ0n) is 9.58. The van der Waals surface area contributed by atoms with E-state index >= 15 is 0 Å². The van der Waals surface area contributed by atoms with E-state index in [0.29, 0.717) is 0 Å². The molecule has 0 radical (unpaired) electrons. The van der Waals surface area contributed by atoms with Crippen molar-refractivity contribution in [2.75, 3.05) is 0 Å². The summed E-state index contributed by atoms with van der Waals surface area (Å²) < 4.78 is 1.37. The Balaban J connectivity index is 4.78. The van der Waals surface area contributed by atoms with Crippen molar-refractivity contribution >= 4 is 60.0 Å². The molecule has 14 heavy (non-hydrogen) atoms. The lowest BCUT2D eigenvalue weighted by Crippen LogP contribution is -2.54. The summed E-state index contributed by atoms with van der Waals surface area (Å²) in [7, 11) is -2.47. The van der Waals surface area contributed by atoms with Crippen LogP contribution < -0.4 is 0 Å². The highest BCUT2D eigenvalue weighted by Gasteiger charge is 2.39. The van der Waals surface area contributed by atoms with Crippen molar-refractivity contribution in [2.24, 2.45) is 0 Å². The van der Waals surface area contributed by atoms with Gasteiger partial charge in [0.2, 0.25) is 3.53 Å². The van der Waals surface area contributed by atoms with Crippen molar-refractivity contribution in [3.05, 3.63) is 0 Å². The second-order valence-corrected chi connectivity index (χ2v) is 20.9. The van der Waals surface area contributed by atoms with Crippen molar-refractivity contribution in [1.82, 2.24) is 4.00 Å². The maximum absolute atomic E-state index is 5.89. The van der Waals surface area contributed by atoms with Crippen LogP contribution in [-0.4, -0.2) is 24.0 Å². The van der Waals surface area contributed by atoms with Gasteiger partial charge in [0.15, 0.2) is 0 Å². The van der Waals surface area contributed by atoms with E-state index in [1.54, 1.807) is 0 Å². The number of halogens is 3. The Morgan fingerprint density at radius 3 is 1.21 bits per heavy atom. The fraction of sp³-hybridized carbons (Fsp3) is 1.00. The van der Waals surface area contributed by atoms with Crippen molar-refractivity contribution in [3.63, 3.8) is 0 Å². The quantitative estimate of drug-likeness (QED) is 0.408. The Labute approximate surface area is 106 Å². The summed E-state index contributed by atoms with van der Waals surface area (Å²) in [5, 5.41) is 0. The summed E-state index contributed by atoms with van der Waals surface area (Å²) in [4.78, 5) is 0. The zero-order chi connectivity index (χ0) is 11.8. The standard InChI is InChI=1S/C7H19Cl3NPSi2/c1-13(2,3)11(14(4,5)6)12-7(8,9)10/h12H,1-6H3. The van der Waals surface area contributed by atoms with Crippen LogP contribution in [0.15, 0.2) is 0 Å². The Kier molecular flexibility index (Phi) is 5.50. The first-order chi connectivity index (χ1) is 5.84. The van der Waals surface area contributed by atoms with Gasteiger partial charge in [-0.2, -0.15) is 0 Å². The van der Waals surface area contributed by atoms with Gasteiger partial charge < -0.3 is 4.00 Å². The molecule has 1 atom stereocenters. The molecule has 0 amide bonds. The van der Waals surface area contributed by atoms with Gasteiger partial charge in [0.05, 0.1) is 0 Å². The zero-order valence-corrected chi connectivity index (χ0v) is 14.8. The maximum atomic E-state index is 5.89. The van der Waals surface area contributed by atoms with Crippen molar-refractivity contribution < 1.29 is 0 Å². The number of hydrogen-bond donors (Lipinski definition) is 0. The molecule has 1 nitrogen and oxygen atoms in total. The minimum atomic E-state index is -1.38. The normalized spacial score (nSPS) is 15.9. The smallest absolute Gasteiger partial charge is 0.218 e. The highest BCUT2D eigenvalue weighted by atomic mass is 35.6. The third-order valence-corrected chi connectivity index (χ3v) is 14.2. The molecule has 0 aliphatic rings. The lowest BCUT2D eigenvalue weighted by atomic mass is 11.8. The summed E-state index contributed by atoms with van der Waals surface area (Å²) in [6, 6.07) is 0. The molecule has 0 aliphatic carbocycles. The molecule has 0 rings (SSSR count). The van der Waals surface area contributed by atoms with E-state index in [1.165, 1.54) is 0 Å². The van der Waals surface area contributed by atoms with E-state index in [-0.39, 0.29) is 8.73 Å². The molecule has 86 valence electrons. The number of alkyl halides is 3. The predicted molar refractivity (Wildman–Crippen MR) is 77.1 cm³/mol. The SMILES string of the molecule is C[Si](C)(C)N(PC(Cl)(Cl)Cl)[Si](C)(C)C. The third-order valence-electron chi connectivity index (χ3n) is 1.58. The predicted octanol–water partition coefficient (Wildman–Crippen LogP) is 4.88. The first-order valence-corrected chi connectivity index (χ1v) is 13.5. The van der Waals surface area contributed by atoms with Gasteiger partial charge in [0.25, 0.3) is 0 Å². The van der Waals surface area contributed by atoms with Crippen LogP contribution >= 0.6 is 43.5 Å². The fourth-order valence-corrected chi connectivity index (χ4v) is 15.5. The van der Waals surface area contributed by atoms with Crippen LogP contribution in [-0.2, 0) is 0 Å². The first kappa shape index (κ1) is 15.7. The van der Waals surface area contributed by atoms with E-state index in [2.05, 4.69) is 43.3 Å². The molecule has 0 fully saturated rings. The average Bonchev–Trinajstić information content (AvgIpc) is 1.75. The van der Waals surface area contributed by atoms with E-state index in [4.69, 9.17) is 34.8 Å². The van der Waals surface area contributed by atoms with Crippen molar-refractivity contribution in [1.29, 1.82) is 0 Å². The third kappa shape index (κ3) is 6.31. The Hall–Kier alpha value is 1.69. The molecule has 0 saturated heterocycles. The molecular formula is C7H19Cl3NPSi2. The molecule has 0 aliphatic heterocycles. The summed E-state index contributed by atoms with van der Waals surface area (Å²) in [6.45, 7) is 13.8. The molecule has 0 aromatic carbocycles. The monoisotopic (exact) mass is 309 g/mol.